The van der Waals surface area contributed by atoms with Gasteiger partial charge in [-0.15, -0.1) is 0 Å². The standard InChI is InChI=1S/C11H17NO3/c1-7(12)8-5-9(13-2)11(15-4)10(6-8)14-3/h5-7H,12H2,1-4H3/t7-/m0/s1. The van der Waals surface area contributed by atoms with Crippen molar-refractivity contribution in [3.8, 4) is 17.2 Å². The van der Waals surface area contributed by atoms with Crippen LogP contribution in [0.5, 0.6) is 17.2 Å². The van der Waals surface area contributed by atoms with Crippen molar-refractivity contribution in [3.63, 3.8) is 0 Å². The van der Waals surface area contributed by atoms with Gasteiger partial charge in [0, 0.05) is 6.04 Å². The topological polar surface area (TPSA) is 53.7 Å². The van der Waals surface area contributed by atoms with Gasteiger partial charge in [-0.05, 0) is 24.6 Å². The van der Waals surface area contributed by atoms with Crippen molar-refractivity contribution in [2.24, 2.45) is 5.73 Å². The summed E-state index contributed by atoms with van der Waals surface area (Å²) in [5.74, 6) is 1.85. The van der Waals surface area contributed by atoms with Crippen molar-refractivity contribution in [1.82, 2.24) is 0 Å². The molecule has 15 heavy (non-hydrogen) atoms. The van der Waals surface area contributed by atoms with E-state index in [1.165, 1.54) is 0 Å². The number of methoxy groups -OCH3 is 3. The maximum atomic E-state index is 5.80. The second-order valence-electron chi connectivity index (χ2n) is 3.25. The van der Waals surface area contributed by atoms with E-state index in [9.17, 15) is 0 Å². The zero-order chi connectivity index (χ0) is 11.4. The van der Waals surface area contributed by atoms with Crippen molar-refractivity contribution in [2.75, 3.05) is 21.3 Å². The van der Waals surface area contributed by atoms with Crippen LogP contribution >= 0.6 is 0 Å². The Morgan fingerprint density at radius 1 is 1.00 bits per heavy atom. The smallest absolute Gasteiger partial charge is 0.203 e. The van der Waals surface area contributed by atoms with Crippen molar-refractivity contribution in [1.29, 1.82) is 0 Å². The molecule has 0 fully saturated rings. The van der Waals surface area contributed by atoms with E-state index in [1.807, 2.05) is 19.1 Å². The van der Waals surface area contributed by atoms with Gasteiger partial charge in [-0.1, -0.05) is 0 Å². The molecule has 84 valence electrons. The Morgan fingerprint density at radius 2 is 1.47 bits per heavy atom. The number of ether oxygens (including phenoxy) is 3. The van der Waals surface area contributed by atoms with Crippen molar-refractivity contribution < 1.29 is 14.2 Å². The molecule has 0 saturated heterocycles. The van der Waals surface area contributed by atoms with Crippen LogP contribution < -0.4 is 19.9 Å². The van der Waals surface area contributed by atoms with Gasteiger partial charge < -0.3 is 19.9 Å². The number of nitrogens with two attached hydrogens (primary N) is 1. The van der Waals surface area contributed by atoms with Crippen LogP contribution in [0.1, 0.15) is 18.5 Å². The Hall–Kier alpha value is -1.42. The highest BCUT2D eigenvalue weighted by atomic mass is 16.5. The second kappa shape index (κ2) is 4.89. The molecule has 0 bridgehead atoms. The Balaban J connectivity index is 3.29. The second-order valence-corrected chi connectivity index (χ2v) is 3.25. The lowest BCUT2D eigenvalue weighted by molar-refractivity contribution is 0.323. The first-order valence-electron chi connectivity index (χ1n) is 4.69. The molecule has 0 heterocycles. The maximum Gasteiger partial charge on any atom is 0.203 e. The molecule has 0 aliphatic heterocycles. The molecule has 0 aliphatic rings. The summed E-state index contributed by atoms with van der Waals surface area (Å²) < 4.78 is 15.6. The van der Waals surface area contributed by atoms with Crippen LogP contribution in [0, 0.1) is 0 Å². The van der Waals surface area contributed by atoms with Crippen LogP contribution in [0.15, 0.2) is 12.1 Å². The third-order valence-corrected chi connectivity index (χ3v) is 2.21. The van der Waals surface area contributed by atoms with Gasteiger partial charge in [0.05, 0.1) is 21.3 Å². The van der Waals surface area contributed by atoms with Crippen LogP contribution in [0.3, 0.4) is 0 Å². The summed E-state index contributed by atoms with van der Waals surface area (Å²) in [6.07, 6.45) is 0. The van der Waals surface area contributed by atoms with E-state index in [0.717, 1.165) is 5.56 Å². The zero-order valence-electron chi connectivity index (χ0n) is 9.53. The lowest BCUT2D eigenvalue weighted by atomic mass is 10.1. The molecule has 0 saturated carbocycles. The summed E-state index contributed by atoms with van der Waals surface area (Å²) in [6.45, 7) is 1.90. The first kappa shape index (κ1) is 11.7. The maximum absolute atomic E-state index is 5.80. The first-order chi connectivity index (χ1) is 7.13. The molecule has 0 aromatic heterocycles. The fraction of sp³-hybridized carbons (Fsp3) is 0.455. The molecule has 0 aliphatic carbocycles. The minimum Gasteiger partial charge on any atom is -0.493 e. The van der Waals surface area contributed by atoms with Gasteiger partial charge >= 0.3 is 0 Å². The molecule has 1 aromatic carbocycles. The Labute approximate surface area is 89.9 Å². The fourth-order valence-corrected chi connectivity index (χ4v) is 1.36. The van der Waals surface area contributed by atoms with Crippen LogP contribution in [0.25, 0.3) is 0 Å². The van der Waals surface area contributed by atoms with Crippen LogP contribution in [0.4, 0.5) is 0 Å². The largest absolute Gasteiger partial charge is 0.493 e. The molecule has 0 radical (unpaired) electrons. The predicted octanol–water partition coefficient (Wildman–Crippen LogP) is 1.73. The third kappa shape index (κ3) is 2.33. The van der Waals surface area contributed by atoms with E-state index in [2.05, 4.69) is 0 Å². The molecular formula is C11H17NO3. The Bertz CT molecular complexity index is 312. The quantitative estimate of drug-likeness (QED) is 0.824. The van der Waals surface area contributed by atoms with Gasteiger partial charge in [0.25, 0.3) is 0 Å². The molecule has 1 atom stereocenters. The van der Waals surface area contributed by atoms with Crippen molar-refractivity contribution in [2.45, 2.75) is 13.0 Å². The molecule has 0 unspecified atom stereocenters. The van der Waals surface area contributed by atoms with Crippen LogP contribution in [-0.4, -0.2) is 21.3 Å². The minimum absolute atomic E-state index is 0.0706. The summed E-state index contributed by atoms with van der Waals surface area (Å²) in [5, 5.41) is 0. The Morgan fingerprint density at radius 3 is 1.73 bits per heavy atom. The lowest BCUT2D eigenvalue weighted by Gasteiger charge is -2.15. The molecule has 1 aromatic rings. The number of benzene rings is 1. The summed E-state index contributed by atoms with van der Waals surface area (Å²) in [4.78, 5) is 0. The summed E-state index contributed by atoms with van der Waals surface area (Å²) in [5.41, 5.74) is 6.75. The highest BCUT2D eigenvalue weighted by Crippen LogP contribution is 2.39. The molecule has 2 N–H and O–H groups in total. The van der Waals surface area contributed by atoms with Crippen LogP contribution in [0.2, 0.25) is 0 Å². The highest BCUT2D eigenvalue weighted by Gasteiger charge is 2.14. The monoisotopic (exact) mass is 211 g/mol. The summed E-state index contributed by atoms with van der Waals surface area (Å²) >= 11 is 0. The number of rotatable bonds is 4. The zero-order valence-corrected chi connectivity index (χ0v) is 9.53. The van der Waals surface area contributed by atoms with E-state index >= 15 is 0 Å². The first-order valence-corrected chi connectivity index (χ1v) is 4.69. The average Bonchev–Trinajstić information content (AvgIpc) is 2.26. The van der Waals surface area contributed by atoms with Gasteiger partial charge in [0.15, 0.2) is 11.5 Å². The van der Waals surface area contributed by atoms with Gasteiger partial charge in [-0.25, -0.2) is 0 Å². The van der Waals surface area contributed by atoms with Crippen molar-refractivity contribution in [3.05, 3.63) is 17.7 Å². The van der Waals surface area contributed by atoms with E-state index < -0.39 is 0 Å². The van der Waals surface area contributed by atoms with Gasteiger partial charge in [0.1, 0.15) is 0 Å². The molecule has 4 heteroatoms. The van der Waals surface area contributed by atoms with E-state index in [4.69, 9.17) is 19.9 Å². The van der Waals surface area contributed by atoms with Gasteiger partial charge in [0.2, 0.25) is 5.75 Å². The van der Waals surface area contributed by atoms with E-state index in [1.54, 1.807) is 21.3 Å². The SMILES string of the molecule is COc1cc([C@H](C)N)cc(OC)c1OC. The average molecular weight is 211 g/mol. The van der Waals surface area contributed by atoms with Crippen molar-refractivity contribution >= 4 is 0 Å². The molecule has 0 spiro atoms. The van der Waals surface area contributed by atoms with E-state index in [0.29, 0.717) is 17.2 Å². The fourth-order valence-electron chi connectivity index (χ4n) is 1.36. The molecule has 4 nitrogen and oxygen atoms in total. The normalized spacial score (nSPS) is 12.1. The molecule has 1 rings (SSSR count). The number of hydrogen-bond donors (Lipinski definition) is 1. The Kier molecular flexibility index (Phi) is 3.80. The molecular weight excluding hydrogens is 194 g/mol. The van der Waals surface area contributed by atoms with Gasteiger partial charge in [-0.2, -0.15) is 0 Å². The van der Waals surface area contributed by atoms with E-state index in [-0.39, 0.29) is 6.04 Å². The van der Waals surface area contributed by atoms with Crippen LogP contribution in [-0.2, 0) is 0 Å². The van der Waals surface area contributed by atoms with Gasteiger partial charge in [-0.3, -0.25) is 0 Å². The molecule has 0 amide bonds. The highest BCUT2D eigenvalue weighted by molar-refractivity contribution is 5.54. The predicted molar refractivity (Wildman–Crippen MR) is 58.7 cm³/mol. The summed E-state index contributed by atoms with van der Waals surface area (Å²) in [6, 6.07) is 3.64. The third-order valence-electron chi connectivity index (χ3n) is 2.21. The number of hydrogen-bond acceptors (Lipinski definition) is 4. The summed E-state index contributed by atoms with van der Waals surface area (Å²) in [7, 11) is 4.75. The lowest BCUT2D eigenvalue weighted by Crippen LogP contribution is -2.06. The minimum atomic E-state index is -0.0706.